The molecule has 3 nitrogen and oxygen atoms in total. The van der Waals surface area contributed by atoms with Gasteiger partial charge >= 0.3 is 5.97 Å². The SMILES string of the molecule is CC(C)c1ccc(C(C)N2CCC(CC(=O)O)CC2)cc1. The van der Waals surface area contributed by atoms with Gasteiger partial charge in [0.05, 0.1) is 0 Å². The van der Waals surface area contributed by atoms with E-state index < -0.39 is 5.97 Å². The van der Waals surface area contributed by atoms with E-state index in [1.54, 1.807) is 0 Å². The molecule has 1 saturated heterocycles. The molecule has 1 unspecified atom stereocenters. The molecule has 0 aromatic heterocycles. The summed E-state index contributed by atoms with van der Waals surface area (Å²) >= 11 is 0. The summed E-state index contributed by atoms with van der Waals surface area (Å²) in [6.45, 7) is 8.69. The highest BCUT2D eigenvalue weighted by molar-refractivity contribution is 5.67. The summed E-state index contributed by atoms with van der Waals surface area (Å²) in [6.07, 6.45) is 2.33. The summed E-state index contributed by atoms with van der Waals surface area (Å²) < 4.78 is 0. The van der Waals surface area contributed by atoms with E-state index in [0.29, 0.717) is 24.3 Å². The first kappa shape index (κ1) is 16.0. The number of carboxylic acids is 1. The van der Waals surface area contributed by atoms with E-state index in [1.165, 1.54) is 11.1 Å². The molecular formula is C18H27NO2. The highest BCUT2D eigenvalue weighted by Gasteiger charge is 2.24. The molecule has 1 atom stereocenters. The summed E-state index contributed by atoms with van der Waals surface area (Å²) in [5.74, 6) is 0.265. The van der Waals surface area contributed by atoms with Crippen LogP contribution >= 0.6 is 0 Å². The largest absolute Gasteiger partial charge is 0.481 e. The maximum absolute atomic E-state index is 10.8. The second-order valence-electron chi connectivity index (χ2n) is 6.57. The fraction of sp³-hybridized carbons (Fsp3) is 0.611. The molecule has 0 saturated carbocycles. The highest BCUT2D eigenvalue weighted by Crippen LogP contribution is 2.28. The third-order valence-corrected chi connectivity index (χ3v) is 4.75. The lowest BCUT2D eigenvalue weighted by Crippen LogP contribution is -2.36. The monoisotopic (exact) mass is 289 g/mol. The number of hydrogen-bond acceptors (Lipinski definition) is 2. The van der Waals surface area contributed by atoms with Crippen LogP contribution < -0.4 is 0 Å². The van der Waals surface area contributed by atoms with Gasteiger partial charge in [-0.25, -0.2) is 0 Å². The molecule has 116 valence electrons. The van der Waals surface area contributed by atoms with Gasteiger partial charge in [-0.1, -0.05) is 38.1 Å². The predicted molar refractivity (Wildman–Crippen MR) is 85.5 cm³/mol. The summed E-state index contributed by atoms with van der Waals surface area (Å²) in [7, 11) is 0. The molecule has 21 heavy (non-hydrogen) atoms. The maximum atomic E-state index is 10.8. The van der Waals surface area contributed by atoms with Crippen molar-refractivity contribution < 1.29 is 9.90 Å². The summed E-state index contributed by atoms with van der Waals surface area (Å²) in [6, 6.07) is 9.35. The van der Waals surface area contributed by atoms with E-state index in [4.69, 9.17) is 5.11 Å². The number of carbonyl (C=O) groups is 1. The number of hydrogen-bond donors (Lipinski definition) is 1. The van der Waals surface area contributed by atoms with Gasteiger partial charge in [0.2, 0.25) is 0 Å². The molecule has 0 bridgehead atoms. The van der Waals surface area contributed by atoms with Crippen LogP contribution in [0.5, 0.6) is 0 Å². The number of carboxylic acid groups (broad SMARTS) is 1. The highest BCUT2D eigenvalue weighted by atomic mass is 16.4. The van der Waals surface area contributed by atoms with Crippen LogP contribution in [0.3, 0.4) is 0 Å². The van der Waals surface area contributed by atoms with Gasteiger partial charge in [-0.05, 0) is 55.8 Å². The quantitative estimate of drug-likeness (QED) is 0.888. The lowest BCUT2D eigenvalue weighted by Gasteiger charge is -2.36. The van der Waals surface area contributed by atoms with Crippen LogP contribution in [0.25, 0.3) is 0 Å². The molecule has 0 amide bonds. The molecular weight excluding hydrogens is 262 g/mol. The Bertz CT molecular complexity index is 459. The normalized spacial score (nSPS) is 18.9. The molecule has 3 heteroatoms. The molecule has 1 aromatic carbocycles. The third-order valence-electron chi connectivity index (χ3n) is 4.75. The van der Waals surface area contributed by atoms with Crippen molar-refractivity contribution in [2.24, 2.45) is 5.92 Å². The second kappa shape index (κ2) is 7.08. The van der Waals surface area contributed by atoms with Gasteiger partial charge < -0.3 is 5.11 Å². The van der Waals surface area contributed by atoms with Crippen molar-refractivity contribution in [3.63, 3.8) is 0 Å². The number of rotatable bonds is 5. The first-order chi connectivity index (χ1) is 9.97. The van der Waals surface area contributed by atoms with Crippen molar-refractivity contribution in [3.8, 4) is 0 Å². The Morgan fingerprint density at radius 3 is 2.14 bits per heavy atom. The van der Waals surface area contributed by atoms with Crippen LogP contribution in [0.4, 0.5) is 0 Å². The first-order valence-corrected chi connectivity index (χ1v) is 8.03. The lowest BCUT2D eigenvalue weighted by atomic mass is 9.91. The van der Waals surface area contributed by atoms with Crippen molar-refractivity contribution >= 4 is 5.97 Å². The van der Waals surface area contributed by atoms with Crippen molar-refractivity contribution in [3.05, 3.63) is 35.4 Å². The minimum absolute atomic E-state index is 0.325. The first-order valence-electron chi connectivity index (χ1n) is 8.03. The molecule has 1 aromatic rings. The van der Waals surface area contributed by atoms with Crippen LogP contribution in [0.2, 0.25) is 0 Å². The lowest BCUT2D eigenvalue weighted by molar-refractivity contribution is -0.138. The van der Waals surface area contributed by atoms with Gasteiger partial charge in [-0.2, -0.15) is 0 Å². The molecule has 0 radical (unpaired) electrons. The van der Waals surface area contributed by atoms with Crippen LogP contribution in [-0.4, -0.2) is 29.1 Å². The zero-order valence-electron chi connectivity index (χ0n) is 13.4. The average molecular weight is 289 g/mol. The topological polar surface area (TPSA) is 40.5 Å². The molecule has 0 aliphatic carbocycles. The molecule has 1 N–H and O–H groups in total. The van der Waals surface area contributed by atoms with E-state index in [1.807, 2.05) is 0 Å². The van der Waals surface area contributed by atoms with Crippen LogP contribution in [0.1, 0.15) is 63.1 Å². The van der Waals surface area contributed by atoms with Gasteiger partial charge in [0.15, 0.2) is 0 Å². The number of piperidine rings is 1. The van der Waals surface area contributed by atoms with Gasteiger partial charge in [0.25, 0.3) is 0 Å². The fourth-order valence-corrected chi connectivity index (χ4v) is 3.16. The molecule has 1 fully saturated rings. The fourth-order valence-electron chi connectivity index (χ4n) is 3.16. The Labute approximate surface area is 128 Å². The minimum atomic E-state index is -0.661. The zero-order valence-corrected chi connectivity index (χ0v) is 13.4. The van der Waals surface area contributed by atoms with E-state index in [-0.39, 0.29) is 0 Å². The smallest absolute Gasteiger partial charge is 0.303 e. The van der Waals surface area contributed by atoms with Gasteiger partial charge in [-0.3, -0.25) is 9.69 Å². The maximum Gasteiger partial charge on any atom is 0.303 e. The van der Waals surface area contributed by atoms with Crippen molar-refractivity contribution in [1.82, 2.24) is 4.90 Å². The number of benzene rings is 1. The van der Waals surface area contributed by atoms with E-state index in [9.17, 15) is 4.79 Å². The Morgan fingerprint density at radius 2 is 1.67 bits per heavy atom. The van der Waals surface area contributed by atoms with Gasteiger partial charge in [-0.15, -0.1) is 0 Å². The predicted octanol–water partition coefficient (Wildman–Crippen LogP) is 4.06. The van der Waals surface area contributed by atoms with Crippen LogP contribution in [0.15, 0.2) is 24.3 Å². The van der Waals surface area contributed by atoms with Crippen molar-refractivity contribution in [2.75, 3.05) is 13.1 Å². The zero-order chi connectivity index (χ0) is 15.4. The Balaban J connectivity index is 1.92. The Kier molecular flexibility index (Phi) is 5.40. The molecule has 1 aliphatic rings. The second-order valence-corrected chi connectivity index (χ2v) is 6.57. The van der Waals surface area contributed by atoms with E-state index >= 15 is 0 Å². The molecule has 0 spiro atoms. The molecule has 1 aliphatic heterocycles. The van der Waals surface area contributed by atoms with Gasteiger partial charge in [0.1, 0.15) is 0 Å². The number of nitrogens with zero attached hydrogens (tertiary/aromatic N) is 1. The summed E-state index contributed by atoms with van der Waals surface area (Å²) in [5.41, 5.74) is 2.74. The van der Waals surface area contributed by atoms with Gasteiger partial charge in [0, 0.05) is 12.5 Å². The average Bonchev–Trinajstić information content (AvgIpc) is 2.47. The van der Waals surface area contributed by atoms with Crippen molar-refractivity contribution in [2.45, 2.75) is 52.0 Å². The Hall–Kier alpha value is -1.35. The van der Waals surface area contributed by atoms with Crippen LogP contribution in [-0.2, 0) is 4.79 Å². The van der Waals surface area contributed by atoms with E-state index in [2.05, 4.69) is 49.9 Å². The van der Waals surface area contributed by atoms with Crippen LogP contribution in [0, 0.1) is 5.92 Å². The van der Waals surface area contributed by atoms with E-state index in [0.717, 1.165) is 25.9 Å². The number of likely N-dealkylation sites (tertiary alicyclic amines) is 1. The Morgan fingerprint density at radius 1 is 1.14 bits per heavy atom. The summed E-state index contributed by atoms with van der Waals surface area (Å²) in [5, 5.41) is 8.88. The third kappa shape index (κ3) is 4.31. The number of aliphatic carboxylic acids is 1. The van der Waals surface area contributed by atoms with Crippen molar-refractivity contribution in [1.29, 1.82) is 0 Å². The minimum Gasteiger partial charge on any atom is -0.481 e. The molecule has 2 rings (SSSR count). The molecule has 1 heterocycles. The summed E-state index contributed by atoms with van der Waals surface area (Å²) in [4.78, 5) is 13.3. The standard InChI is InChI=1S/C18H27NO2/c1-13(2)16-4-6-17(7-5-16)14(3)19-10-8-15(9-11-19)12-18(20)21/h4-7,13-15H,8-12H2,1-3H3,(H,20,21).